The fourth-order valence-electron chi connectivity index (χ4n) is 2.99. The van der Waals surface area contributed by atoms with Crippen molar-refractivity contribution in [3.63, 3.8) is 0 Å². The van der Waals surface area contributed by atoms with Crippen molar-refractivity contribution in [1.82, 2.24) is 9.80 Å². The van der Waals surface area contributed by atoms with Gasteiger partial charge >= 0.3 is 5.97 Å². The minimum absolute atomic E-state index is 0. The van der Waals surface area contributed by atoms with Crippen LogP contribution in [0.3, 0.4) is 0 Å². The Hall–Kier alpha value is -1.82. The van der Waals surface area contributed by atoms with Gasteiger partial charge in [-0.3, -0.25) is 19.2 Å². The Labute approximate surface area is 212 Å². The molecule has 1 fully saturated rings. The second-order valence-corrected chi connectivity index (χ2v) is 8.52. The number of unbranched alkanes of at least 4 members (excludes halogenated alkanes) is 1. The first-order valence-electron chi connectivity index (χ1n) is 11.1. The Morgan fingerprint density at radius 2 is 1.73 bits per heavy atom. The number of Topliss-reactive ketones (excluding diaryl/α,β-unsaturated/α-hetero) is 2. The second kappa shape index (κ2) is 16.7. The molecule has 2 atom stereocenters. The van der Waals surface area contributed by atoms with Gasteiger partial charge in [0, 0.05) is 47.2 Å². The van der Waals surface area contributed by atoms with E-state index in [1.54, 1.807) is 20.9 Å². The number of ketones is 2. The largest absolute Gasteiger partial charge is 0.464 e. The first-order valence-corrected chi connectivity index (χ1v) is 11.1. The topological polar surface area (TPSA) is 101 Å². The van der Waals surface area contributed by atoms with Crippen LogP contribution in [0.5, 0.6) is 0 Å². The Bertz CT molecular complexity index is 707. The molecular weight excluding hydrogens is 596 g/mol. The van der Waals surface area contributed by atoms with Crippen molar-refractivity contribution in [3.05, 3.63) is 18.6 Å². The summed E-state index contributed by atoms with van der Waals surface area (Å²) in [6, 6.07) is -0.945. The molecule has 1 aliphatic rings. The summed E-state index contributed by atoms with van der Waals surface area (Å²) in [5.41, 5.74) is 0.458. The van der Waals surface area contributed by atoms with Gasteiger partial charge in [0.05, 0.1) is 12.6 Å². The summed E-state index contributed by atoms with van der Waals surface area (Å²) in [4.78, 5) is 60.3. The molecule has 2 amide bonds. The van der Waals surface area contributed by atoms with Crippen LogP contribution in [0.15, 0.2) is 12.2 Å². The van der Waals surface area contributed by atoms with Crippen molar-refractivity contribution in [1.29, 1.82) is 0 Å². The van der Waals surface area contributed by atoms with Crippen LogP contribution >= 0.6 is 0 Å². The van der Waals surface area contributed by atoms with E-state index >= 15 is 0 Å². The number of ether oxygens (including phenoxy) is 1. The van der Waals surface area contributed by atoms with E-state index in [9.17, 15) is 24.0 Å². The molecule has 188 valence electrons. The Morgan fingerprint density at radius 1 is 1.15 bits per heavy atom. The van der Waals surface area contributed by atoms with Crippen LogP contribution in [0.25, 0.3) is 0 Å². The minimum atomic E-state index is -0.589. The Balaban J connectivity index is 0. The molecule has 1 rings (SSSR count). The normalized spacial score (nSPS) is 15.5. The number of carbonyl (C=O) groups is 5. The van der Waals surface area contributed by atoms with Gasteiger partial charge in [-0.1, -0.05) is 20.4 Å². The number of likely N-dealkylation sites (N-methyl/N-ethyl adjacent to an activating group) is 1. The van der Waals surface area contributed by atoms with E-state index in [-0.39, 0.29) is 44.7 Å². The number of nitrogens with zero attached hydrogens (tertiary/aromatic N) is 2. The second-order valence-electron chi connectivity index (χ2n) is 8.52. The van der Waals surface area contributed by atoms with Gasteiger partial charge in [-0.15, -0.1) is 0 Å². The summed E-state index contributed by atoms with van der Waals surface area (Å²) in [5.74, 6) is -1.34. The minimum Gasteiger partial charge on any atom is -0.464 e. The molecule has 1 unspecified atom stereocenters. The van der Waals surface area contributed by atoms with Crippen molar-refractivity contribution in [2.75, 3.05) is 20.2 Å². The predicted octanol–water partition coefficient (Wildman–Crippen LogP) is 2.75. The van der Waals surface area contributed by atoms with Gasteiger partial charge in [0.25, 0.3) is 5.91 Å². The van der Waals surface area contributed by atoms with Gasteiger partial charge in [-0.05, 0) is 39.0 Å². The van der Waals surface area contributed by atoms with Crippen LogP contribution in [0, 0.1) is 12.3 Å². The summed E-state index contributed by atoms with van der Waals surface area (Å²) in [6.45, 7) is 14.8. The van der Waals surface area contributed by atoms with Crippen LogP contribution in [0.4, 0.5) is 0 Å². The zero-order valence-corrected chi connectivity index (χ0v) is 23.9. The quantitative estimate of drug-likeness (QED) is 0.159. The van der Waals surface area contributed by atoms with Crippen LogP contribution in [0.1, 0.15) is 67.2 Å². The van der Waals surface area contributed by atoms with Gasteiger partial charge in [-0.2, -0.15) is 13.3 Å². The van der Waals surface area contributed by atoms with Gasteiger partial charge in [-0.25, -0.2) is 4.79 Å². The SMILES string of the molecule is C=C(C)C(=O)N(C)C(C)C(=O)CC[CH-]C.CC(=O)C(=O)N1CCC[C@H]1C(=O)OCC(C)C.[W]. The third-order valence-corrected chi connectivity index (χ3v) is 5.06. The molecule has 0 aliphatic carbocycles. The number of rotatable bonds is 10. The predicted molar refractivity (Wildman–Crippen MR) is 122 cm³/mol. The maximum atomic E-state index is 11.8. The van der Waals surface area contributed by atoms with E-state index in [0.717, 1.165) is 12.8 Å². The Kier molecular flexibility index (Phi) is 16.9. The number of hydrogen-bond acceptors (Lipinski definition) is 6. The number of esters is 1. The molecule has 1 aliphatic heterocycles. The zero-order valence-electron chi connectivity index (χ0n) is 21.0. The van der Waals surface area contributed by atoms with E-state index in [2.05, 4.69) is 6.58 Å². The van der Waals surface area contributed by atoms with Gasteiger partial charge in [0.2, 0.25) is 11.7 Å². The maximum absolute atomic E-state index is 11.8. The number of hydrogen-bond donors (Lipinski definition) is 0. The molecule has 0 saturated carbocycles. The molecule has 9 heteroatoms. The summed E-state index contributed by atoms with van der Waals surface area (Å²) in [7, 11) is 1.63. The number of likely N-dealkylation sites (tertiary alicyclic amines) is 1. The molecule has 0 aromatic heterocycles. The van der Waals surface area contributed by atoms with Gasteiger partial charge < -0.3 is 21.0 Å². The van der Waals surface area contributed by atoms with E-state index in [4.69, 9.17) is 4.74 Å². The first-order chi connectivity index (χ1) is 14.8. The molecule has 1 saturated heterocycles. The molecule has 0 spiro atoms. The van der Waals surface area contributed by atoms with E-state index < -0.39 is 23.7 Å². The fourth-order valence-corrected chi connectivity index (χ4v) is 2.99. The molecule has 0 aromatic rings. The summed E-state index contributed by atoms with van der Waals surface area (Å²) in [5, 5.41) is 0. The Morgan fingerprint density at radius 3 is 2.18 bits per heavy atom. The average Bonchev–Trinajstić information content (AvgIpc) is 3.23. The number of carbonyl (C=O) groups excluding carboxylic acids is 5. The van der Waals surface area contributed by atoms with Crippen molar-refractivity contribution in [2.45, 2.75) is 79.3 Å². The van der Waals surface area contributed by atoms with Gasteiger partial charge in [0.15, 0.2) is 5.78 Å². The van der Waals surface area contributed by atoms with E-state index in [0.29, 0.717) is 31.6 Å². The molecule has 0 bridgehead atoms. The molecule has 8 nitrogen and oxygen atoms in total. The van der Waals surface area contributed by atoms with Crippen LogP contribution in [0.2, 0.25) is 0 Å². The smallest absolute Gasteiger partial charge is 0.328 e. The van der Waals surface area contributed by atoms with Crippen molar-refractivity contribution in [3.8, 4) is 0 Å². The fraction of sp³-hybridized carbons (Fsp3) is 0.667. The van der Waals surface area contributed by atoms with Crippen molar-refractivity contribution in [2.24, 2.45) is 5.92 Å². The molecule has 1 heterocycles. The van der Waals surface area contributed by atoms with Gasteiger partial charge in [0.1, 0.15) is 6.04 Å². The monoisotopic (exact) mass is 635 g/mol. The van der Waals surface area contributed by atoms with E-state index in [1.165, 1.54) is 16.7 Å². The van der Waals surface area contributed by atoms with Crippen molar-refractivity contribution < 1.29 is 49.8 Å². The van der Waals surface area contributed by atoms with Crippen LogP contribution < -0.4 is 0 Å². The van der Waals surface area contributed by atoms with Crippen LogP contribution in [-0.4, -0.2) is 71.4 Å². The zero-order chi connectivity index (χ0) is 25.0. The summed E-state index contributed by atoms with van der Waals surface area (Å²) >= 11 is 0. The first kappa shape index (κ1) is 33.4. The average molecular weight is 635 g/mol. The molecule has 33 heavy (non-hydrogen) atoms. The van der Waals surface area contributed by atoms with E-state index in [1.807, 2.05) is 27.2 Å². The van der Waals surface area contributed by atoms with Crippen LogP contribution in [-0.2, 0) is 49.8 Å². The summed E-state index contributed by atoms with van der Waals surface area (Å²) in [6.07, 6.45) is 4.52. The third-order valence-electron chi connectivity index (χ3n) is 5.06. The summed E-state index contributed by atoms with van der Waals surface area (Å²) < 4.78 is 5.10. The molecular formula is C24H39N2O6W-. The number of amides is 2. The molecule has 0 N–H and O–H groups in total. The molecule has 0 aromatic carbocycles. The maximum Gasteiger partial charge on any atom is 0.328 e. The third kappa shape index (κ3) is 11.7. The van der Waals surface area contributed by atoms with Crippen molar-refractivity contribution >= 4 is 29.4 Å². The molecule has 0 radical (unpaired) electrons. The standard InChI is InChI=1S/C12H19NO4.C12H20NO2.W/c1-8(2)7-17-12(16)10-5-4-6-13(10)11(15)9(3)14;1-6-7-8-11(14)10(4)13(5)12(15)9(2)3;/h8,10H,4-7H2,1-3H3;6,10H,2,7-8H2,1,3-5H3;/q;-1;/t10-;;/m0../s1.